The Kier molecular flexibility index (Phi) is 3.87. The lowest BCUT2D eigenvalue weighted by atomic mass is 9.78. The summed E-state index contributed by atoms with van der Waals surface area (Å²) >= 11 is 0. The van der Waals surface area contributed by atoms with Crippen LogP contribution in [0.3, 0.4) is 0 Å². The van der Waals surface area contributed by atoms with Gasteiger partial charge < -0.3 is 4.90 Å². The number of carbonyl (C=O) groups excluding carboxylic acids is 1. The van der Waals surface area contributed by atoms with E-state index in [0.29, 0.717) is 29.6 Å². The van der Waals surface area contributed by atoms with Crippen LogP contribution in [-0.2, 0) is 0 Å². The molecule has 0 radical (unpaired) electrons. The number of likely N-dealkylation sites (tertiary alicyclic amines) is 1. The van der Waals surface area contributed by atoms with Crippen LogP contribution in [0.2, 0.25) is 0 Å². The Hall–Kier alpha value is -2.95. The molecular weight excluding hydrogens is 326 g/mol. The van der Waals surface area contributed by atoms with Gasteiger partial charge in [-0.3, -0.25) is 9.59 Å². The zero-order chi connectivity index (χ0) is 18.3. The lowest BCUT2D eigenvalue weighted by Gasteiger charge is -2.25. The van der Waals surface area contributed by atoms with Crippen molar-refractivity contribution in [3.05, 3.63) is 76.2 Å². The maximum absolute atomic E-state index is 13.2. The van der Waals surface area contributed by atoms with Crippen LogP contribution in [0.5, 0.6) is 0 Å². The van der Waals surface area contributed by atoms with Gasteiger partial charge in [0.15, 0.2) is 5.69 Å². The van der Waals surface area contributed by atoms with Crippen molar-refractivity contribution in [3.63, 3.8) is 0 Å². The number of hydrogen-bond donors (Lipinski definition) is 1. The predicted octanol–water partition coefficient (Wildman–Crippen LogP) is 3.19. The molecule has 5 nitrogen and oxygen atoms in total. The van der Waals surface area contributed by atoms with Gasteiger partial charge in [0.1, 0.15) is 0 Å². The van der Waals surface area contributed by atoms with Crippen molar-refractivity contribution >= 4 is 16.7 Å². The van der Waals surface area contributed by atoms with Crippen molar-refractivity contribution < 1.29 is 4.79 Å². The van der Waals surface area contributed by atoms with E-state index in [2.05, 4.69) is 36.2 Å². The predicted molar refractivity (Wildman–Crippen MR) is 101 cm³/mol. The maximum Gasteiger partial charge on any atom is 0.274 e. The second-order valence-electron chi connectivity index (χ2n) is 7.58. The fourth-order valence-corrected chi connectivity index (χ4v) is 3.96. The zero-order valence-electron chi connectivity index (χ0n) is 14.9. The maximum atomic E-state index is 13.2. The molecule has 3 aromatic rings. The molecule has 5 heteroatoms. The fourth-order valence-electron chi connectivity index (χ4n) is 3.96. The summed E-state index contributed by atoms with van der Waals surface area (Å²) in [5.41, 5.74) is 1.24. The molecule has 0 saturated carbocycles. The molecule has 1 amide bonds. The summed E-state index contributed by atoms with van der Waals surface area (Å²) in [5, 5.41) is 7.61. The number of amides is 1. The van der Waals surface area contributed by atoms with Gasteiger partial charge in [0.25, 0.3) is 11.5 Å². The van der Waals surface area contributed by atoms with Gasteiger partial charge >= 0.3 is 0 Å². The lowest BCUT2D eigenvalue weighted by molar-refractivity contribution is 0.0773. The van der Waals surface area contributed by atoms with Crippen LogP contribution in [0, 0.1) is 5.41 Å². The summed E-state index contributed by atoms with van der Waals surface area (Å²) in [6.07, 6.45) is 0. The van der Waals surface area contributed by atoms with E-state index in [1.165, 1.54) is 5.56 Å². The van der Waals surface area contributed by atoms with Gasteiger partial charge in [-0.2, -0.15) is 5.10 Å². The molecule has 1 fully saturated rings. The molecule has 1 N–H and O–H groups in total. The summed E-state index contributed by atoms with van der Waals surface area (Å²) in [4.78, 5) is 27.0. The van der Waals surface area contributed by atoms with Crippen LogP contribution in [0.25, 0.3) is 10.8 Å². The number of rotatable bonds is 2. The second-order valence-corrected chi connectivity index (χ2v) is 7.58. The first-order valence-corrected chi connectivity index (χ1v) is 8.79. The molecule has 1 saturated heterocycles. The Balaban J connectivity index is 1.70. The van der Waals surface area contributed by atoms with Crippen molar-refractivity contribution in [2.24, 2.45) is 5.41 Å². The minimum atomic E-state index is -0.277. The molecular formula is C21H21N3O2. The summed E-state index contributed by atoms with van der Waals surface area (Å²) in [7, 11) is 0. The van der Waals surface area contributed by atoms with E-state index in [1.807, 2.05) is 29.2 Å². The molecule has 132 valence electrons. The normalized spacial score (nSPS) is 19.0. The molecule has 1 aromatic heterocycles. The van der Waals surface area contributed by atoms with Gasteiger partial charge in [-0.25, -0.2) is 5.10 Å². The average molecular weight is 347 g/mol. The monoisotopic (exact) mass is 347 g/mol. The van der Waals surface area contributed by atoms with Crippen LogP contribution in [-0.4, -0.2) is 34.1 Å². The zero-order valence-corrected chi connectivity index (χ0v) is 14.9. The highest BCUT2D eigenvalue weighted by molar-refractivity contribution is 6.04. The number of nitrogens with one attached hydrogen (secondary N) is 1. The summed E-state index contributed by atoms with van der Waals surface area (Å²) in [6.45, 7) is 5.68. The van der Waals surface area contributed by atoms with E-state index in [1.54, 1.807) is 18.2 Å². The molecule has 0 aliphatic carbocycles. The highest BCUT2D eigenvalue weighted by atomic mass is 16.2. The Labute approximate surface area is 151 Å². The second kappa shape index (κ2) is 6.09. The number of fused-ring (bicyclic) bond motifs is 1. The van der Waals surface area contributed by atoms with E-state index >= 15 is 0 Å². The van der Waals surface area contributed by atoms with Crippen LogP contribution < -0.4 is 5.56 Å². The van der Waals surface area contributed by atoms with Crippen molar-refractivity contribution in [2.45, 2.75) is 19.8 Å². The first-order valence-electron chi connectivity index (χ1n) is 8.79. The Morgan fingerprint density at radius 2 is 1.73 bits per heavy atom. The third kappa shape index (κ3) is 2.69. The molecule has 0 unspecified atom stereocenters. The Morgan fingerprint density at radius 1 is 1.08 bits per heavy atom. The molecule has 26 heavy (non-hydrogen) atoms. The van der Waals surface area contributed by atoms with E-state index in [-0.39, 0.29) is 22.8 Å². The topological polar surface area (TPSA) is 66.1 Å². The number of carbonyl (C=O) groups is 1. The summed E-state index contributed by atoms with van der Waals surface area (Å²) in [5.74, 6) is 0.130. The number of aromatic nitrogens is 2. The van der Waals surface area contributed by atoms with E-state index < -0.39 is 0 Å². The van der Waals surface area contributed by atoms with E-state index in [4.69, 9.17) is 0 Å². The van der Waals surface area contributed by atoms with Crippen LogP contribution in [0.4, 0.5) is 0 Å². The van der Waals surface area contributed by atoms with Gasteiger partial charge in [0.05, 0.1) is 5.39 Å². The van der Waals surface area contributed by atoms with Crippen molar-refractivity contribution in [1.29, 1.82) is 0 Å². The number of nitrogens with zero attached hydrogens (tertiary/aromatic N) is 2. The van der Waals surface area contributed by atoms with Gasteiger partial charge in [-0.1, -0.05) is 62.4 Å². The first kappa shape index (κ1) is 16.5. The van der Waals surface area contributed by atoms with Gasteiger partial charge in [0, 0.05) is 24.4 Å². The standard InChI is InChI=1S/C21H21N3O2/c1-21(2)13-24(12-17(21)14-8-4-3-5-9-14)20(26)18-15-10-6-7-11-16(15)19(25)23-22-18/h3-11,17H,12-13H2,1-2H3,(H,23,25)/t17-/m1/s1. The number of aromatic amines is 1. The van der Waals surface area contributed by atoms with E-state index in [9.17, 15) is 9.59 Å². The minimum absolute atomic E-state index is 0.0327. The van der Waals surface area contributed by atoms with Crippen LogP contribution in [0.1, 0.15) is 35.8 Å². The molecule has 1 aliphatic heterocycles. The third-order valence-corrected chi connectivity index (χ3v) is 5.33. The van der Waals surface area contributed by atoms with Crippen LogP contribution >= 0.6 is 0 Å². The molecule has 0 bridgehead atoms. The Morgan fingerprint density at radius 3 is 2.46 bits per heavy atom. The van der Waals surface area contributed by atoms with Crippen molar-refractivity contribution in [3.8, 4) is 0 Å². The first-order chi connectivity index (χ1) is 12.5. The third-order valence-electron chi connectivity index (χ3n) is 5.33. The highest BCUT2D eigenvalue weighted by Gasteiger charge is 2.42. The molecule has 0 spiro atoms. The molecule has 2 heterocycles. The number of benzene rings is 2. The molecule has 4 rings (SSSR count). The highest BCUT2D eigenvalue weighted by Crippen LogP contribution is 2.42. The molecule has 1 atom stereocenters. The largest absolute Gasteiger partial charge is 0.336 e. The summed E-state index contributed by atoms with van der Waals surface area (Å²) < 4.78 is 0. The average Bonchev–Trinajstić information content (AvgIpc) is 2.98. The SMILES string of the molecule is CC1(C)CN(C(=O)c2n[nH]c(=O)c3ccccc23)C[C@@H]1c1ccccc1. The van der Waals surface area contributed by atoms with Gasteiger partial charge in [-0.05, 0) is 17.0 Å². The van der Waals surface area contributed by atoms with Crippen LogP contribution in [0.15, 0.2) is 59.4 Å². The quantitative estimate of drug-likeness (QED) is 0.774. The molecule has 2 aromatic carbocycles. The fraction of sp³-hybridized carbons (Fsp3) is 0.286. The lowest BCUT2D eigenvalue weighted by Crippen LogP contribution is -2.32. The number of hydrogen-bond acceptors (Lipinski definition) is 3. The molecule has 1 aliphatic rings. The van der Waals surface area contributed by atoms with Gasteiger partial charge in [-0.15, -0.1) is 0 Å². The minimum Gasteiger partial charge on any atom is -0.336 e. The van der Waals surface area contributed by atoms with Crippen molar-refractivity contribution in [2.75, 3.05) is 13.1 Å². The Bertz CT molecular complexity index is 1020. The smallest absolute Gasteiger partial charge is 0.274 e. The number of H-pyrrole nitrogens is 1. The van der Waals surface area contributed by atoms with Crippen molar-refractivity contribution in [1.82, 2.24) is 15.1 Å². The van der Waals surface area contributed by atoms with Gasteiger partial charge in [0.2, 0.25) is 0 Å². The summed E-state index contributed by atoms with van der Waals surface area (Å²) in [6, 6.07) is 17.4. The van der Waals surface area contributed by atoms with E-state index in [0.717, 1.165) is 0 Å².